The third-order valence-corrected chi connectivity index (χ3v) is 2.57. The Labute approximate surface area is 120 Å². The number of para-hydroxylation sites is 1. The Bertz CT molecular complexity index is 694. The Kier molecular flexibility index (Phi) is 4.30. The van der Waals surface area contributed by atoms with Gasteiger partial charge in [0.25, 0.3) is 0 Å². The monoisotopic (exact) mass is 285 g/mol. The van der Waals surface area contributed by atoms with E-state index in [1.54, 1.807) is 30.3 Å². The molecule has 0 heterocycles. The van der Waals surface area contributed by atoms with Crippen LogP contribution in [-0.4, -0.2) is 16.0 Å². The largest absolute Gasteiger partial charge is 0.502 e. The molecule has 1 N–H and O–H groups in total. The number of esters is 1. The molecule has 0 amide bonds. The van der Waals surface area contributed by atoms with Crippen molar-refractivity contribution in [3.63, 3.8) is 0 Å². The molecule has 0 radical (unpaired) electrons. The van der Waals surface area contributed by atoms with Gasteiger partial charge in [-0.2, -0.15) is 0 Å². The predicted octanol–water partition coefficient (Wildman–Crippen LogP) is 2.92. The smallest absolute Gasteiger partial charge is 0.336 e. The fourth-order valence-electron chi connectivity index (χ4n) is 1.60. The van der Waals surface area contributed by atoms with Crippen molar-refractivity contribution in [3.8, 4) is 11.5 Å². The summed E-state index contributed by atoms with van der Waals surface area (Å²) in [7, 11) is 0. The lowest BCUT2D eigenvalue weighted by Gasteiger charge is -2.00. The van der Waals surface area contributed by atoms with Gasteiger partial charge < -0.3 is 9.84 Å². The SMILES string of the molecule is O=C(/C=C/c1ccc([N+](=O)[O-])c(O)c1)Oc1ccccc1. The van der Waals surface area contributed by atoms with Gasteiger partial charge in [-0.1, -0.05) is 18.2 Å². The van der Waals surface area contributed by atoms with Crippen LogP contribution in [0.25, 0.3) is 6.08 Å². The number of carbonyl (C=O) groups is 1. The molecule has 0 bridgehead atoms. The molecule has 0 atom stereocenters. The zero-order valence-corrected chi connectivity index (χ0v) is 10.8. The number of benzene rings is 2. The van der Waals surface area contributed by atoms with E-state index in [0.717, 1.165) is 6.07 Å². The van der Waals surface area contributed by atoms with E-state index in [-0.39, 0.29) is 5.69 Å². The molecular weight excluding hydrogens is 274 g/mol. The summed E-state index contributed by atoms with van der Waals surface area (Å²) in [6.07, 6.45) is 2.57. The second-order valence-electron chi connectivity index (χ2n) is 4.07. The highest BCUT2D eigenvalue weighted by molar-refractivity contribution is 5.88. The van der Waals surface area contributed by atoms with E-state index in [9.17, 15) is 20.0 Å². The van der Waals surface area contributed by atoms with Crippen molar-refractivity contribution in [1.29, 1.82) is 0 Å². The summed E-state index contributed by atoms with van der Waals surface area (Å²) in [6.45, 7) is 0. The lowest BCUT2D eigenvalue weighted by Crippen LogP contribution is -2.03. The van der Waals surface area contributed by atoms with Gasteiger partial charge in [0, 0.05) is 12.1 Å². The van der Waals surface area contributed by atoms with Gasteiger partial charge >= 0.3 is 11.7 Å². The Morgan fingerprint density at radius 2 is 1.90 bits per heavy atom. The summed E-state index contributed by atoms with van der Waals surface area (Å²) >= 11 is 0. The van der Waals surface area contributed by atoms with Gasteiger partial charge in [0.1, 0.15) is 5.75 Å². The lowest BCUT2D eigenvalue weighted by molar-refractivity contribution is -0.385. The minimum Gasteiger partial charge on any atom is -0.502 e. The average molecular weight is 285 g/mol. The summed E-state index contributed by atoms with van der Waals surface area (Å²) in [5, 5.41) is 20.0. The molecule has 0 saturated carbocycles. The second kappa shape index (κ2) is 6.33. The Morgan fingerprint density at radius 1 is 1.19 bits per heavy atom. The minimum atomic E-state index is -0.688. The molecule has 106 valence electrons. The van der Waals surface area contributed by atoms with Crippen molar-refractivity contribution < 1.29 is 19.6 Å². The molecule has 6 heteroatoms. The van der Waals surface area contributed by atoms with Gasteiger partial charge in [-0.3, -0.25) is 10.1 Å². The number of aromatic hydroxyl groups is 1. The van der Waals surface area contributed by atoms with Crippen LogP contribution < -0.4 is 4.74 Å². The summed E-state index contributed by atoms with van der Waals surface area (Å²) < 4.78 is 5.03. The van der Waals surface area contributed by atoms with Gasteiger partial charge in [0.2, 0.25) is 0 Å². The number of phenols is 1. The third kappa shape index (κ3) is 3.90. The first-order valence-electron chi connectivity index (χ1n) is 5.98. The number of nitrogens with zero attached hydrogens (tertiary/aromatic N) is 1. The van der Waals surface area contributed by atoms with Crippen LogP contribution in [0.3, 0.4) is 0 Å². The van der Waals surface area contributed by atoms with E-state index < -0.39 is 16.6 Å². The molecule has 21 heavy (non-hydrogen) atoms. The number of rotatable bonds is 4. The Morgan fingerprint density at radius 3 is 2.52 bits per heavy atom. The van der Waals surface area contributed by atoms with Crippen LogP contribution >= 0.6 is 0 Å². The van der Waals surface area contributed by atoms with Crippen LogP contribution in [0.2, 0.25) is 0 Å². The van der Waals surface area contributed by atoms with E-state index in [2.05, 4.69) is 0 Å². The first-order chi connectivity index (χ1) is 10.1. The maximum absolute atomic E-state index is 11.6. The van der Waals surface area contributed by atoms with Crippen LogP contribution in [0.4, 0.5) is 5.69 Å². The van der Waals surface area contributed by atoms with Gasteiger partial charge in [-0.25, -0.2) is 4.79 Å². The van der Waals surface area contributed by atoms with Crippen LogP contribution in [0, 0.1) is 10.1 Å². The summed E-state index contributed by atoms with van der Waals surface area (Å²) in [4.78, 5) is 21.4. The Balaban J connectivity index is 2.05. The van der Waals surface area contributed by atoms with E-state index >= 15 is 0 Å². The molecule has 0 aliphatic heterocycles. The molecule has 2 rings (SSSR count). The lowest BCUT2D eigenvalue weighted by atomic mass is 10.2. The van der Waals surface area contributed by atoms with Gasteiger partial charge in [0.05, 0.1) is 4.92 Å². The van der Waals surface area contributed by atoms with Crippen molar-refractivity contribution in [2.45, 2.75) is 0 Å². The van der Waals surface area contributed by atoms with Crippen LogP contribution in [0.1, 0.15) is 5.56 Å². The number of carbonyl (C=O) groups excluding carboxylic acids is 1. The second-order valence-corrected chi connectivity index (χ2v) is 4.07. The molecule has 2 aromatic rings. The zero-order valence-electron chi connectivity index (χ0n) is 10.8. The van der Waals surface area contributed by atoms with Crippen molar-refractivity contribution in [1.82, 2.24) is 0 Å². The average Bonchev–Trinajstić information content (AvgIpc) is 2.46. The number of nitro benzene ring substituents is 1. The Hall–Kier alpha value is -3.15. The highest BCUT2D eigenvalue weighted by Crippen LogP contribution is 2.26. The van der Waals surface area contributed by atoms with Gasteiger partial charge in [-0.15, -0.1) is 0 Å². The highest BCUT2D eigenvalue weighted by atomic mass is 16.6. The first kappa shape index (κ1) is 14.3. The molecular formula is C15H11NO5. The van der Waals surface area contributed by atoms with Crippen molar-refractivity contribution >= 4 is 17.7 Å². The molecule has 0 unspecified atom stereocenters. The maximum atomic E-state index is 11.6. The number of ether oxygens (including phenoxy) is 1. The molecule has 0 aliphatic rings. The summed E-state index contributed by atoms with van der Waals surface area (Å²) in [5.74, 6) is -0.628. The molecule has 0 aliphatic carbocycles. The highest BCUT2D eigenvalue weighted by Gasteiger charge is 2.12. The first-order valence-corrected chi connectivity index (χ1v) is 5.98. The quantitative estimate of drug-likeness (QED) is 0.307. The van der Waals surface area contributed by atoms with E-state index in [1.807, 2.05) is 0 Å². The zero-order chi connectivity index (χ0) is 15.2. The van der Waals surface area contributed by atoms with Crippen LogP contribution in [0.15, 0.2) is 54.6 Å². The standard InChI is InChI=1S/C15H11NO5/c17-14-10-11(6-8-13(14)16(19)20)7-9-15(18)21-12-4-2-1-3-5-12/h1-10,17H/b9-7+. The van der Waals surface area contributed by atoms with Gasteiger partial charge in [-0.05, 0) is 35.9 Å². The number of hydrogen-bond acceptors (Lipinski definition) is 5. The van der Waals surface area contributed by atoms with Crippen LogP contribution in [0.5, 0.6) is 11.5 Å². The minimum absolute atomic E-state index is 0.390. The molecule has 6 nitrogen and oxygen atoms in total. The molecule has 0 saturated heterocycles. The molecule has 2 aromatic carbocycles. The number of nitro groups is 1. The topological polar surface area (TPSA) is 89.7 Å². The molecule has 0 spiro atoms. The van der Waals surface area contributed by atoms with Gasteiger partial charge in [0.15, 0.2) is 5.75 Å². The van der Waals surface area contributed by atoms with Crippen molar-refractivity contribution in [2.24, 2.45) is 0 Å². The number of phenolic OH excluding ortho intramolecular Hbond substituents is 1. The number of hydrogen-bond donors (Lipinski definition) is 1. The van der Waals surface area contributed by atoms with Crippen LogP contribution in [-0.2, 0) is 4.79 Å². The van der Waals surface area contributed by atoms with E-state index in [1.165, 1.54) is 24.3 Å². The van der Waals surface area contributed by atoms with Crippen molar-refractivity contribution in [3.05, 3.63) is 70.3 Å². The summed E-state index contributed by atoms with van der Waals surface area (Å²) in [6, 6.07) is 12.3. The van der Waals surface area contributed by atoms with E-state index in [0.29, 0.717) is 11.3 Å². The fourth-order valence-corrected chi connectivity index (χ4v) is 1.60. The molecule has 0 fully saturated rings. The normalized spacial score (nSPS) is 10.5. The molecule has 0 aromatic heterocycles. The fraction of sp³-hybridized carbons (Fsp3) is 0. The van der Waals surface area contributed by atoms with Crippen molar-refractivity contribution in [2.75, 3.05) is 0 Å². The maximum Gasteiger partial charge on any atom is 0.336 e. The third-order valence-electron chi connectivity index (χ3n) is 2.57. The van der Waals surface area contributed by atoms with E-state index in [4.69, 9.17) is 4.74 Å². The summed E-state index contributed by atoms with van der Waals surface area (Å²) in [5.41, 5.74) is 0.0575. The predicted molar refractivity (Wildman–Crippen MR) is 75.9 cm³/mol.